The van der Waals surface area contributed by atoms with Crippen LogP contribution in [0.15, 0.2) is 24.3 Å². The lowest BCUT2D eigenvalue weighted by molar-refractivity contribution is -0.121. The van der Waals surface area contributed by atoms with Crippen LogP contribution in [0.2, 0.25) is 0 Å². The number of rotatable bonds is 3. The van der Waals surface area contributed by atoms with Crippen molar-refractivity contribution >= 4 is 17.5 Å². The van der Waals surface area contributed by atoms with E-state index in [1.54, 1.807) is 0 Å². The maximum atomic E-state index is 12.6. The number of anilines is 1. The van der Waals surface area contributed by atoms with E-state index in [9.17, 15) is 9.59 Å². The van der Waals surface area contributed by atoms with Crippen molar-refractivity contribution in [2.45, 2.75) is 58.0 Å². The van der Waals surface area contributed by atoms with Crippen LogP contribution in [-0.2, 0) is 9.59 Å². The van der Waals surface area contributed by atoms with Gasteiger partial charge in [-0.05, 0) is 37.8 Å². The molecule has 1 heterocycles. The number of carbonyl (C=O) groups is 2. The van der Waals surface area contributed by atoms with Gasteiger partial charge in [0.15, 0.2) is 0 Å². The lowest BCUT2D eigenvalue weighted by Gasteiger charge is -2.31. The second kappa shape index (κ2) is 6.21. The fraction of sp³-hybridized carbons (Fsp3) is 0.556. The molecule has 2 amide bonds. The molecule has 118 valence electrons. The monoisotopic (exact) mass is 300 g/mol. The Labute approximate surface area is 131 Å². The number of amides is 2. The van der Waals surface area contributed by atoms with Crippen molar-refractivity contribution in [2.24, 2.45) is 5.92 Å². The average molecular weight is 300 g/mol. The van der Waals surface area contributed by atoms with Crippen LogP contribution in [0.4, 0.5) is 5.69 Å². The van der Waals surface area contributed by atoms with Crippen molar-refractivity contribution in [1.82, 2.24) is 5.32 Å². The van der Waals surface area contributed by atoms with E-state index in [-0.39, 0.29) is 24.3 Å². The van der Waals surface area contributed by atoms with Crippen molar-refractivity contribution in [3.8, 4) is 0 Å². The Morgan fingerprint density at radius 3 is 2.45 bits per heavy atom. The molecule has 0 aromatic heterocycles. The van der Waals surface area contributed by atoms with Crippen LogP contribution < -0.4 is 10.2 Å². The molecule has 3 atom stereocenters. The van der Waals surface area contributed by atoms with Gasteiger partial charge in [0.1, 0.15) is 0 Å². The maximum Gasteiger partial charge on any atom is 0.251 e. The third-order valence-corrected chi connectivity index (χ3v) is 4.97. The summed E-state index contributed by atoms with van der Waals surface area (Å²) in [5.41, 5.74) is 1.80. The van der Waals surface area contributed by atoms with E-state index < -0.39 is 0 Å². The van der Waals surface area contributed by atoms with Gasteiger partial charge in [0.2, 0.25) is 5.91 Å². The van der Waals surface area contributed by atoms with Crippen molar-refractivity contribution in [3.05, 3.63) is 29.8 Å². The van der Waals surface area contributed by atoms with E-state index in [0.29, 0.717) is 17.6 Å². The molecule has 2 fully saturated rings. The Balaban J connectivity index is 1.72. The normalized spacial score (nSPS) is 29.2. The molecule has 4 nitrogen and oxygen atoms in total. The minimum atomic E-state index is -0.362. The molecule has 1 aliphatic carbocycles. The summed E-state index contributed by atoms with van der Waals surface area (Å²) in [4.78, 5) is 26.2. The van der Waals surface area contributed by atoms with Gasteiger partial charge in [-0.25, -0.2) is 4.90 Å². The van der Waals surface area contributed by atoms with Crippen molar-refractivity contribution in [2.75, 3.05) is 4.90 Å². The van der Waals surface area contributed by atoms with Crippen molar-refractivity contribution < 1.29 is 9.59 Å². The van der Waals surface area contributed by atoms with Crippen LogP contribution in [0.3, 0.4) is 0 Å². The fourth-order valence-electron chi connectivity index (χ4n) is 3.55. The predicted molar refractivity (Wildman–Crippen MR) is 86.6 cm³/mol. The quantitative estimate of drug-likeness (QED) is 0.873. The smallest absolute Gasteiger partial charge is 0.251 e. The van der Waals surface area contributed by atoms with Crippen molar-refractivity contribution in [1.29, 1.82) is 0 Å². The molecule has 0 radical (unpaired) electrons. The predicted octanol–water partition coefficient (Wildman–Crippen LogP) is 2.80. The summed E-state index contributed by atoms with van der Waals surface area (Å²) in [5, 5.41) is 3.45. The topological polar surface area (TPSA) is 49.4 Å². The fourth-order valence-corrected chi connectivity index (χ4v) is 3.55. The third kappa shape index (κ3) is 2.93. The zero-order valence-electron chi connectivity index (χ0n) is 13.3. The first-order valence-corrected chi connectivity index (χ1v) is 8.26. The summed E-state index contributed by atoms with van der Waals surface area (Å²) in [6.45, 7) is 4.22. The number of nitrogens with zero attached hydrogens (tertiary/aromatic N) is 1. The number of benzene rings is 1. The Morgan fingerprint density at radius 1 is 1.09 bits per heavy atom. The van der Waals surface area contributed by atoms with Crippen LogP contribution in [0.25, 0.3) is 0 Å². The standard InChI is InChI=1S/C18H24N2O2/c1-12-7-9-14(10-8-12)20-17(21)11-16(18(20)22)19-15-6-4-3-5-13(15)2/h7-10,13,15-16,19H,3-6,11H2,1-2H3/t13-,15-,16-/m0/s1. The molecular formula is C18H24N2O2. The molecule has 2 aliphatic rings. The molecule has 3 rings (SSSR count). The summed E-state index contributed by atoms with van der Waals surface area (Å²) in [5.74, 6) is 0.367. The number of hydrogen-bond donors (Lipinski definition) is 1. The van der Waals surface area contributed by atoms with Crippen LogP contribution in [0.1, 0.15) is 44.6 Å². The minimum absolute atomic E-state index is 0.102. The Morgan fingerprint density at radius 2 is 1.77 bits per heavy atom. The number of hydrogen-bond acceptors (Lipinski definition) is 3. The summed E-state index contributed by atoms with van der Waals surface area (Å²) >= 11 is 0. The molecule has 1 saturated carbocycles. The van der Waals surface area contributed by atoms with Gasteiger partial charge in [-0.2, -0.15) is 0 Å². The first-order valence-electron chi connectivity index (χ1n) is 8.26. The Bertz CT molecular complexity index is 567. The molecule has 1 aromatic carbocycles. The number of imide groups is 1. The molecule has 0 spiro atoms. The van der Waals surface area contributed by atoms with Gasteiger partial charge < -0.3 is 5.32 Å². The molecule has 22 heavy (non-hydrogen) atoms. The van der Waals surface area contributed by atoms with Crippen LogP contribution in [0.5, 0.6) is 0 Å². The highest BCUT2D eigenvalue weighted by Gasteiger charge is 2.41. The van der Waals surface area contributed by atoms with E-state index in [1.165, 1.54) is 24.2 Å². The SMILES string of the molecule is Cc1ccc(N2C(=O)C[C@H](N[C@H]3CCCC[C@@H]3C)C2=O)cc1. The third-order valence-electron chi connectivity index (χ3n) is 4.97. The van der Waals surface area contributed by atoms with E-state index in [2.05, 4.69) is 12.2 Å². The van der Waals surface area contributed by atoms with Crippen LogP contribution >= 0.6 is 0 Å². The van der Waals surface area contributed by atoms with Crippen LogP contribution in [0, 0.1) is 12.8 Å². The van der Waals surface area contributed by atoms with Crippen molar-refractivity contribution in [3.63, 3.8) is 0 Å². The van der Waals surface area contributed by atoms with Crippen LogP contribution in [-0.4, -0.2) is 23.9 Å². The maximum absolute atomic E-state index is 12.6. The highest BCUT2D eigenvalue weighted by Crippen LogP contribution is 2.27. The van der Waals surface area contributed by atoms with E-state index in [1.807, 2.05) is 31.2 Å². The molecule has 4 heteroatoms. The van der Waals surface area contributed by atoms with E-state index in [4.69, 9.17) is 0 Å². The molecule has 1 aromatic rings. The van der Waals surface area contributed by atoms with Gasteiger partial charge in [0.05, 0.1) is 18.2 Å². The molecular weight excluding hydrogens is 276 g/mol. The largest absolute Gasteiger partial charge is 0.302 e. The van der Waals surface area contributed by atoms with Gasteiger partial charge >= 0.3 is 0 Å². The second-order valence-electron chi connectivity index (χ2n) is 6.69. The first-order chi connectivity index (χ1) is 10.6. The zero-order valence-corrected chi connectivity index (χ0v) is 13.3. The molecule has 1 saturated heterocycles. The van der Waals surface area contributed by atoms with E-state index >= 15 is 0 Å². The molecule has 0 bridgehead atoms. The molecule has 1 aliphatic heterocycles. The Kier molecular flexibility index (Phi) is 4.30. The Hall–Kier alpha value is -1.68. The lowest BCUT2D eigenvalue weighted by atomic mass is 9.85. The van der Waals surface area contributed by atoms with E-state index in [0.717, 1.165) is 12.0 Å². The van der Waals surface area contributed by atoms with Gasteiger partial charge in [-0.1, -0.05) is 37.5 Å². The summed E-state index contributed by atoms with van der Waals surface area (Å²) in [7, 11) is 0. The lowest BCUT2D eigenvalue weighted by Crippen LogP contribution is -2.47. The average Bonchev–Trinajstić information content (AvgIpc) is 2.77. The molecule has 0 unspecified atom stereocenters. The highest BCUT2D eigenvalue weighted by atomic mass is 16.2. The minimum Gasteiger partial charge on any atom is -0.302 e. The van der Waals surface area contributed by atoms with Gasteiger partial charge in [0.25, 0.3) is 5.91 Å². The highest BCUT2D eigenvalue weighted by molar-refractivity contribution is 6.22. The number of aryl methyl sites for hydroxylation is 1. The molecule has 1 N–H and O–H groups in total. The summed E-state index contributed by atoms with van der Waals surface area (Å²) in [6, 6.07) is 7.54. The van der Waals surface area contributed by atoms with Gasteiger partial charge in [0, 0.05) is 6.04 Å². The summed E-state index contributed by atoms with van der Waals surface area (Å²) < 4.78 is 0. The number of nitrogens with one attached hydrogen (secondary N) is 1. The second-order valence-corrected chi connectivity index (χ2v) is 6.69. The number of carbonyl (C=O) groups excluding carboxylic acids is 2. The van der Waals surface area contributed by atoms with Gasteiger partial charge in [-0.15, -0.1) is 0 Å². The zero-order chi connectivity index (χ0) is 15.7. The summed E-state index contributed by atoms with van der Waals surface area (Å²) in [6.07, 6.45) is 5.05. The van der Waals surface area contributed by atoms with Gasteiger partial charge in [-0.3, -0.25) is 9.59 Å². The first kappa shape index (κ1) is 15.2.